The zero-order valence-corrected chi connectivity index (χ0v) is 11.5. The van der Waals surface area contributed by atoms with Crippen LogP contribution >= 0.6 is 15.9 Å². The molecule has 18 heavy (non-hydrogen) atoms. The van der Waals surface area contributed by atoms with Gasteiger partial charge in [-0.15, -0.1) is 0 Å². The zero-order valence-electron chi connectivity index (χ0n) is 9.91. The first-order valence-corrected chi connectivity index (χ1v) is 6.33. The number of hydrogen-bond donors (Lipinski definition) is 0. The average Bonchev–Trinajstić information content (AvgIpc) is 2.38. The van der Waals surface area contributed by atoms with Crippen LogP contribution in [0.4, 0.5) is 0 Å². The lowest BCUT2D eigenvalue weighted by Crippen LogP contribution is -1.95. The minimum absolute atomic E-state index is 0.178. The van der Waals surface area contributed by atoms with Crippen molar-refractivity contribution in [2.75, 3.05) is 0 Å². The highest BCUT2D eigenvalue weighted by Crippen LogP contribution is 2.15. The minimum atomic E-state index is -0.178. The molecule has 0 aliphatic carbocycles. The smallest absolute Gasteiger partial charge is 0.237 e. The highest BCUT2D eigenvalue weighted by Gasteiger charge is 2.05. The number of halogens is 1. The molecule has 0 aliphatic heterocycles. The molecule has 0 amide bonds. The van der Waals surface area contributed by atoms with Gasteiger partial charge in [0.25, 0.3) is 0 Å². The predicted molar refractivity (Wildman–Crippen MR) is 76.5 cm³/mol. The monoisotopic (exact) mass is 298 g/mol. The van der Waals surface area contributed by atoms with E-state index in [1.807, 2.05) is 49.4 Å². The molecule has 0 heterocycles. The fraction of sp³-hybridized carbons (Fsp3) is 0.0625. The van der Waals surface area contributed by atoms with Gasteiger partial charge < -0.3 is 0 Å². The van der Waals surface area contributed by atoms with E-state index >= 15 is 0 Å². The van der Waals surface area contributed by atoms with Gasteiger partial charge in [0.2, 0.25) is 5.78 Å². The molecule has 0 saturated carbocycles. The maximum absolute atomic E-state index is 11.9. The first-order chi connectivity index (χ1) is 8.66. The van der Waals surface area contributed by atoms with Gasteiger partial charge in [-0.25, -0.2) is 0 Å². The summed E-state index contributed by atoms with van der Waals surface area (Å²) in [5.41, 5.74) is 2.62. The van der Waals surface area contributed by atoms with Gasteiger partial charge in [-0.05, 0) is 37.1 Å². The fourth-order valence-corrected chi connectivity index (χ4v) is 1.94. The van der Waals surface area contributed by atoms with E-state index in [1.165, 1.54) is 5.56 Å². The van der Waals surface area contributed by atoms with Crippen molar-refractivity contribution >= 4 is 21.7 Å². The van der Waals surface area contributed by atoms with Crippen molar-refractivity contribution in [3.05, 3.63) is 69.7 Å². The molecule has 2 rings (SSSR count). The largest absolute Gasteiger partial charge is 0.279 e. The Hall–Kier alpha value is -1.85. The summed E-state index contributed by atoms with van der Waals surface area (Å²) < 4.78 is 0.771. The molecule has 2 heteroatoms. The van der Waals surface area contributed by atoms with E-state index in [0.29, 0.717) is 5.56 Å². The Kier molecular flexibility index (Phi) is 3.96. The van der Waals surface area contributed by atoms with Crippen LogP contribution in [0.25, 0.3) is 0 Å². The number of aryl methyl sites for hydroxylation is 1. The van der Waals surface area contributed by atoms with Gasteiger partial charge in [-0.3, -0.25) is 4.79 Å². The molecule has 2 aromatic carbocycles. The first kappa shape index (κ1) is 12.6. The second kappa shape index (κ2) is 5.66. The average molecular weight is 299 g/mol. The number of carbonyl (C=O) groups excluding carboxylic acids is 1. The van der Waals surface area contributed by atoms with Crippen LogP contribution in [0, 0.1) is 18.8 Å². The number of Topliss-reactive ketones (excluding diaryl/α,β-unsaturated/α-hetero) is 1. The van der Waals surface area contributed by atoms with Crippen LogP contribution in [0.1, 0.15) is 21.5 Å². The lowest BCUT2D eigenvalue weighted by molar-refractivity contribution is 0.105. The fourth-order valence-electron chi connectivity index (χ4n) is 1.48. The molecule has 0 unspecified atom stereocenters. The summed E-state index contributed by atoms with van der Waals surface area (Å²) >= 11 is 3.34. The summed E-state index contributed by atoms with van der Waals surface area (Å²) in [4.78, 5) is 11.9. The minimum Gasteiger partial charge on any atom is -0.279 e. The molecule has 88 valence electrons. The molecule has 0 aliphatic rings. The maximum atomic E-state index is 11.9. The summed E-state index contributed by atoms with van der Waals surface area (Å²) in [5, 5.41) is 0. The molecule has 1 nitrogen and oxygen atoms in total. The third-order valence-electron chi connectivity index (χ3n) is 2.49. The normalized spacial score (nSPS) is 9.44. The molecule has 0 saturated heterocycles. The van der Waals surface area contributed by atoms with Crippen LogP contribution in [-0.4, -0.2) is 5.78 Å². The molecule has 0 bridgehead atoms. The van der Waals surface area contributed by atoms with Gasteiger partial charge in [-0.2, -0.15) is 0 Å². The van der Waals surface area contributed by atoms with Crippen LogP contribution in [0.15, 0.2) is 53.0 Å². The summed E-state index contributed by atoms with van der Waals surface area (Å²) in [6, 6.07) is 15.1. The molecule has 0 fully saturated rings. The number of hydrogen-bond acceptors (Lipinski definition) is 1. The Morgan fingerprint density at radius 2 is 1.72 bits per heavy atom. The lowest BCUT2D eigenvalue weighted by Gasteiger charge is -1.96. The number of ketones is 1. The second-order valence-corrected chi connectivity index (χ2v) is 4.78. The molecule has 0 N–H and O–H groups in total. The van der Waals surface area contributed by atoms with E-state index in [1.54, 1.807) is 6.07 Å². The van der Waals surface area contributed by atoms with Gasteiger partial charge >= 0.3 is 0 Å². The molecule has 0 atom stereocenters. The Bertz CT molecular complexity index is 630. The topological polar surface area (TPSA) is 17.1 Å². The summed E-state index contributed by atoms with van der Waals surface area (Å²) in [5.74, 6) is 5.36. The van der Waals surface area contributed by atoms with Crippen LogP contribution in [-0.2, 0) is 0 Å². The van der Waals surface area contributed by atoms with Gasteiger partial charge in [0.05, 0.1) is 0 Å². The summed E-state index contributed by atoms with van der Waals surface area (Å²) in [7, 11) is 0. The standard InChI is InChI=1S/C16H11BrO/c1-12-6-8-13(9-7-12)10-11-16(18)14-4-2-3-5-15(14)17/h2-9H,1H3. The van der Waals surface area contributed by atoms with E-state index in [-0.39, 0.29) is 5.78 Å². The molecular weight excluding hydrogens is 288 g/mol. The third-order valence-corrected chi connectivity index (χ3v) is 3.18. The van der Waals surface area contributed by atoms with Crippen LogP contribution < -0.4 is 0 Å². The van der Waals surface area contributed by atoms with Gasteiger partial charge in [0.15, 0.2) is 0 Å². The Balaban J connectivity index is 2.23. The molecule has 0 spiro atoms. The van der Waals surface area contributed by atoms with Gasteiger partial charge in [0.1, 0.15) is 0 Å². The Morgan fingerprint density at radius 1 is 1.06 bits per heavy atom. The van der Waals surface area contributed by atoms with E-state index in [2.05, 4.69) is 27.8 Å². The third kappa shape index (κ3) is 3.09. The van der Waals surface area contributed by atoms with Crippen molar-refractivity contribution in [3.63, 3.8) is 0 Å². The van der Waals surface area contributed by atoms with Crippen molar-refractivity contribution in [1.82, 2.24) is 0 Å². The van der Waals surface area contributed by atoms with Crippen molar-refractivity contribution in [3.8, 4) is 11.8 Å². The van der Waals surface area contributed by atoms with E-state index in [9.17, 15) is 4.79 Å². The Morgan fingerprint density at radius 3 is 2.39 bits per heavy atom. The second-order valence-electron chi connectivity index (χ2n) is 3.92. The summed E-state index contributed by atoms with van der Waals surface area (Å²) in [6.45, 7) is 2.02. The highest BCUT2D eigenvalue weighted by atomic mass is 79.9. The molecule has 0 aromatic heterocycles. The predicted octanol–water partition coefficient (Wildman–Crippen LogP) is 3.99. The Labute approximate surface area is 115 Å². The van der Waals surface area contributed by atoms with Crippen molar-refractivity contribution in [2.45, 2.75) is 6.92 Å². The number of rotatable bonds is 1. The zero-order chi connectivity index (χ0) is 13.0. The SMILES string of the molecule is Cc1ccc(C#CC(=O)c2ccccc2Br)cc1. The maximum Gasteiger partial charge on any atom is 0.237 e. The van der Waals surface area contributed by atoms with Crippen molar-refractivity contribution in [1.29, 1.82) is 0 Å². The molecule has 2 aromatic rings. The quantitative estimate of drug-likeness (QED) is 0.575. The van der Waals surface area contributed by atoms with Crippen LogP contribution in [0.2, 0.25) is 0 Å². The number of carbonyl (C=O) groups is 1. The van der Waals surface area contributed by atoms with E-state index in [0.717, 1.165) is 10.0 Å². The number of benzene rings is 2. The summed E-state index contributed by atoms with van der Waals surface area (Å²) in [6.07, 6.45) is 0. The van der Waals surface area contributed by atoms with E-state index in [4.69, 9.17) is 0 Å². The molecular formula is C16H11BrO. The van der Waals surface area contributed by atoms with Crippen LogP contribution in [0.5, 0.6) is 0 Å². The van der Waals surface area contributed by atoms with Crippen molar-refractivity contribution in [2.24, 2.45) is 0 Å². The lowest BCUT2D eigenvalue weighted by atomic mass is 10.1. The highest BCUT2D eigenvalue weighted by molar-refractivity contribution is 9.10. The first-order valence-electron chi connectivity index (χ1n) is 5.54. The van der Waals surface area contributed by atoms with Gasteiger partial charge in [0, 0.05) is 15.6 Å². The van der Waals surface area contributed by atoms with E-state index < -0.39 is 0 Å². The van der Waals surface area contributed by atoms with Crippen LogP contribution in [0.3, 0.4) is 0 Å². The molecule has 0 radical (unpaired) electrons. The van der Waals surface area contributed by atoms with Crippen molar-refractivity contribution < 1.29 is 4.79 Å². The van der Waals surface area contributed by atoms with Gasteiger partial charge in [-0.1, -0.05) is 51.7 Å².